The van der Waals surface area contributed by atoms with Gasteiger partial charge in [-0.25, -0.2) is 4.79 Å². The average molecular weight is 277 g/mol. The lowest BCUT2D eigenvalue weighted by atomic mass is 10.3. The molecule has 19 heavy (non-hydrogen) atoms. The summed E-state index contributed by atoms with van der Waals surface area (Å²) in [7, 11) is 1.28. The van der Waals surface area contributed by atoms with E-state index in [1.165, 1.54) is 31.6 Å². The Balaban J connectivity index is 2.70. The number of nitrogens with two attached hydrogens (primary N) is 1. The van der Waals surface area contributed by atoms with Crippen LogP contribution in [0.4, 0.5) is 18.9 Å². The van der Waals surface area contributed by atoms with Crippen molar-refractivity contribution in [1.29, 1.82) is 0 Å². The van der Waals surface area contributed by atoms with Crippen molar-refractivity contribution in [3.63, 3.8) is 0 Å². The summed E-state index contributed by atoms with van der Waals surface area (Å²) in [6, 6.07) is 2.88. The molecule has 0 aliphatic heterocycles. The zero-order valence-electron chi connectivity index (χ0n) is 9.72. The topological polar surface area (TPSA) is 85.5 Å². The molecule has 0 radical (unpaired) electrons. The van der Waals surface area contributed by atoms with Crippen molar-refractivity contribution in [2.75, 3.05) is 11.9 Å². The van der Waals surface area contributed by atoms with E-state index in [2.05, 4.69) is 9.72 Å². The molecular weight excluding hydrogens is 267 g/mol. The lowest BCUT2D eigenvalue weighted by molar-refractivity contribution is -0.204. The first-order chi connectivity index (χ1) is 8.73. The summed E-state index contributed by atoms with van der Waals surface area (Å²) in [4.78, 5) is 26.8. The predicted molar refractivity (Wildman–Crippen MR) is 57.8 cm³/mol. The molecule has 1 heterocycles. The van der Waals surface area contributed by atoms with Crippen LogP contribution in [0, 0.1) is 0 Å². The van der Waals surface area contributed by atoms with Crippen LogP contribution in [-0.2, 0) is 14.3 Å². The fourth-order valence-electron chi connectivity index (χ4n) is 1.12. The second-order valence-corrected chi connectivity index (χ2v) is 3.43. The summed E-state index contributed by atoms with van der Waals surface area (Å²) in [5.41, 5.74) is 5.45. The molecule has 0 aliphatic carbocycles. The smallest absolute Gasteiger partial charge is 0.430 e. The molecule has 2 N–H and O–H groups in total. The molecule has 0 fully saturated rings. The molecule has 0 bridgehead atoms. The van der Waals surface area contributed by atoms with Crippen molar-refractivity contribution in [2.24, 2.45) is 5.73 Å². The Morgan fingerprint density at radius 2 is 1.89 bits per heavy atom. The van der Waals surface area contributed by atoms with Crippen LogP contribution in [0.3, 0.4) is 0 Å². The van der Waals surface area contributed by atoms with Gasteiger partial charge in [0.2, 0.25) is 6.23 Å². The van der Waals surface area contributed by atoms with Gasteiger partial charge in [0.15, 0.2) is 0 Å². The summed E-state index contributed by atoms with van der Waals surface area (Å²) in [6.45, 7) is 0. The third-order valence-corrected chi connectivity index (χ3v) is 2.09. The summed E-state index contributed by atoms with van der Waals surface area (Å²) in [5, 5.41) is 0. The van der Waals surface area contributed by atoms with Crippen molar-refractivity contribution in [3.8, 4) is 0 Å². The Hall–Kier alpha value is -2.16. The van der Waals surface area contributed by atoms with Gasteiger partial charge in [-0.15, -0.1) is 0 Å². The minimum atomic E-state index is -5.20. The van der Waals surface area contributed by atoms with Gasteiger partial charge in [-0.05, 0) is 12.1 Å². The highest BCUT2D eigenvalue weighted by molar-refractivity contribution is 5.96. The number of alkyl halides is 3. The van der Waals surface area contributed by atoms with Crippen LogP contribution in [0.2, 0.25) is 0 Å². The third-order valence-electron chi connectivity index (χ3n) is 2.09. The summed E-state index contributed by atoms with van der Waals surface area (Å²) >= 11 is 0. The number of anilines is 1. The number of hydrogen-bond acceptors (Lipinski definition) is 5. The van der Waals surface area contributed by atoms with E-state index in [1.54, 1.807) is 0 Å². The molecule has 9 heteroatoms. The van der Waals surface area contributed by atoms with Gasteiger partial charge in [-0.1, -0.05) is 0 Å². The minimum absolute atomic E-state index is 0.346. The molecule has 104 valence electrons. The van der Waals surface area contributed by atoms with Crippen LogP contribution in [0.25, 0.3) is 0 Å². The van der Waals surface area contributed by atoms with E-state index < -0.39 is 24.3 Å². The molecule has 1 amide bonds. The highest BCUT2D eigenvalue weighted by Gasteiger charge is 2.43. The maximum atomic E-state index is 11.9. The van der Waals surface area contributed by atoms with Gasteiger partial charge >= 0.3 is 12.1 Å². The molecule has 1 aromatic heterocycles. The zero-order chi connectivity index (χ0) is 14.6. The van der Waals surface area contributed by atoms with Gasteiger partial charge in [0, 0.05) is 25.1 Å². The predicted octanol–water partition coefficient (Wildman–Crippen LogP) is 0.435. The van der Waals surface area contributed by atoms with Crippen LogP contribution in [0.5, 0.6) is 0 Å². The molecule has 0 spiro atoms. The maximum absolute atomic E-state index is 11.9. The molecule has 1 atom stereocenters. The van der Waals surface area contributed by atoms with Crippen molar-refractivity contribution in [1.82, 2.24) is 4.98 Å². The number of likely N-dealkylation sites (N-methyl/N-ethyl adjacent to an activating group) is 1. The summed E-state index contributed by atoms with van der Waals surface area (Å²) in [6.07, 6.45) is -4.47. The first-order valence-corrected chi connectivity index (χ1v) is 4.94. The number of nitrogens with zero attached hydrogens (tertiary/aromatic N) is 2. The van der Waals surface area contributed by atoms with Crippen LogP contribution in [0.1, 0.15) is 0 Å². The number of esters is 1. The first kappa shape index (κ1) is 14.9. The Morgan fingerprint density at radius 1 is 1.37 bits per heavy atom. The number of carbonyl (C=O) groups is 2. The van der Waals surface area contributed by atoms with E-state index >= 15 is 0 Å². The lowest BCUT2D eigenvalue weighted by Crippen LogP contribution is -2.46. The normalized spacial score (nSPS) is 12.7. The number of aromatic nitrogens is 1. The monoisotopic (exact) mass is 277 g/mol. The van der Waals surface area contributed by atoms with Crippen molar-refractivity contribution < 1.29 is 27.5 Å². The van der Waals surface area contributed by atoms with E-state index in [-0.39, 0.29) is 0 Å². The fraction of sp³-hybridized carbons (Fsp3) is 0.300. The number of ether oxygens (including phenoxy) is 1. The van der Waals surface area contributed by atoms with E-state index in [0.717, 1.165) is 4.90 Å². The van der Waals surface area contributed by atoms with Gasteiger partial charge in [-0.2, -0.15) is 13.2 Å². The number of amides is 1. The Kier molecular flexibility index (Phi) is 4.43. The van der Waals surface area contributed by atoms with E-state index in [4.69, 9.17) is 5.73 Å². The number of hydrogen-bond donors (Lipinski definition) is 1. The number of halogens is 3. The molecule has 6 nitrogen and oxygen atoms in total. The molecule has 0 saturated carbocycles. The van der Waals surface area contributed by atoms with Gasteiger partial charge in [-0.3, -0.25) is 15.5 Å². The van der Waals surface area contributed by atoms with Gasteiger partial charge < -0.3 is 9.64 Å². The van der Waals surface area contributed by atoms with Crippen LogP contribution in [0.15, 0.2) is 24.5 Å². The highest BCUT2D eigenvalue weighted by Crippen LogP contribution is 2.18. The minimum Gasteiger partial charge on any atom is -0.430 e. The van der Waals surface area contributed by atoms with Crippen LogP contribution < -0.4 is 10.6 Å². The Labute approximate surface area is 106 Å². The van der Waals surface area contributed by atoms with E-state index in [1.807, 2.05) is 0 Å². The molecule has 0 saturated heterocycles. The highest BCUT2D eigenvalue weighted by atomic mass is 19.4. The molecule has 1 rings (SSSR count). The number of rotatable bonds is 3. The van der Waals surface area contributed by atoms with E-state index in [9.17, 15) is 22.8 Å². The van der Waals surface area contributed by atoms with Crippen molar-refractivity contribution >= 4 is 17.6 Å². The SMILES string of the molecule is CN(C(=O)C(N)OC(=O)C(F)(F)F)c1ccncc1. The lowest BCUT2D eigenvalue weighted by Gasteiger charge is -2.21. The van der Waals surface area contributed by atoms with Crippen LogP contribution >= 0.6 is 0 Å². The largest absolute Gasteiger partial charge is 0.490 e. The van der Waals surface area contributed by atoms with Gasteiger partial charge in [0.25, 0.3) is 5.91 Å². The van der Waals surface area contributed by atoms with Crippen LogP contribution in [-0.4, -0.2) is 36.3 Å². The van der Waals surface area contributed by atoms with Gasteiger partial charge in [0.05, 0.1) is 0 Å². The quantitative estimate of drug-likeness (QED) is 0.640. The zero-order valence-corrected chi connectivity index (χ0v) is 9.72. The Bertz CT molecular complexity index is 464. The fourth-order valence-corrected chi connectivity index (χ4v) is 1.12. The molecule has 1 aromatic rings. The average Bonchev–Trinajstić information content (AvgIpc) is 2.36. The second kappa shape index (κ2) is 5.65. The van der Waals surface area contributed by atoms with E-state index in [0.29, 0.717) is 5.69 Å². The number of carbonyl (C=O) groups excluding carboxylic acids is 2. The van der Waals surface area contributed by atoms with Crippen molar-refractivity contribution in [2.45, 2.75) is 12.4 Å². The molecule has 1 unspecified atom stereocenters. The first-order valence-electron chi connectivity index (χ1n) is 4.94. The summed E-state index contributed by atoms with van der Waals surface area (Å²) < 4.78 is 39.6. The third kappa shape index (κ3) is 3.91. The standard InChI is InChI=1S/C10H10F3N3O3/c1-16(6-2-4-15-5-3-6)8(17)7(14)19-9(18)10(11,12)13/h2-5,7H,14H2,1H3. The van der Waals surface area contributed by atoms with Crippen molar-refractivity contribution in [3.05, 3.63) is 24.5 Å². The molecular formula is C10H10F3N3O3. The Morgan fingerprint density at radius 3 is 2.37 bits per heavy atom. The maximum Gasteiger partial charge on any atom is 0.490 e. The van der Waals surface area contributed by atoms with Gasteiger partial charge in [0.1, 0.15) is 0 Å². The molecule has 0 aromatic carbocycles. The second-order valence-electron chi connectivity index (χ2n) is 3.43. The molecule has 0 aliphatic rings. The number of pyridine rings is 1. The summed E-state index contributed by atoms with van der Waals surface area (Å²) in [5.74, 6) is -3.51.